The van der Waals surface area contributed by atoms with Gasteiger partial charge in [-0.25, -0.2) is 0 Å². The molecule has 1 heterocycles. The molecule has 1 aromatic rings. The summed E-state index contributed by atoms with van der Waals surface area (Å²) in [4.78, 5) is 12.2. The second-order valence-corrected chi connectivity index (χ2v) is 4.68. The van der Waals surface area contributed by atoms with E-state index in [1.807, 2.05) is 44.3 Å². The highest BCUT2D eigenvalue weighted by Crippen LogP contribution is 2.17. The van der Waals surface area contributed by atoms with Gasteiger partial charge in [0.05, 0.1) is 25.2 Å². The molecule has 3 unspecified atom stereocenters. The van der Waals surface area contributed by atoms with Crippen molar-refractivity contribution in [2.75, 3.05) is 20.3 Å². The molecular formula is C14H20N2O2. The van der Waals surface area contributed by atoms with Crippen LogP contribution in [0.15, 0.2) is 30.3 Å². The van der Waals surface area contributed by atoms with Crippen LogP contribution in [0.5, 0.6) is 0 Å². The molecule has 0 saturated carbocycles. The first-order chi connectivity index (χ1) is 8.72. The molecule has 1 fully saturated rings. The molecule has 4 heteroatoms. The van der Waals surface area contributed by atoms with E-state index in [1.54, 1.807) is 0 Å². The third-order valence-corrected chi connectivity index (χ3v) is 3.45. The summed E-state index contributed by atoms with van der Waals surface area (Å²) >= 11 is 0. The summed E-state index contributed by atoms with van der Waals surface area (Å²) in [5.74, 6) is -0.0376. The number of likely N-dealkylation sites (N-methyl/N-ethyl adjacent to an activating group) is 1. The summed E-state index contributed by atoms with van der Waals surface area (Å²) in [6.07, 6.45) is 0. The molecule has 0 aromatic heterocycles. The smallest absolute Gasteiger partial charge is 0.227 e. The summed E-state index contributed by atoms with van der Waals surface area (Å²) in [7, 11) is 1.86. The van der Waals surface area contributed by atoms with E-state index in [0.717, 1.165) is 5.56 Å². The first-order valence-corrected chi connectivity index (χ1v) is 6.32. The van der Waals surface area contributed by atoms with Crippen molar-refractivity contribution in [2.45, 2.75) is 19.0 Å². The van der Waals surface area contributed by atoms with E-state index in [9.17, 15) is 4.79 Å². The summed E-state index contributed by atoms with van der Waals surface area (Å²) < 4.78 is 5.35. The van der Waals surface area contributed by atoms with E-state index >= 15 is 0 Å². The minimum absolute atomic E-state index is 0.0248. The number of benzene rings is 1. The largest absolute Gasteiger partial charge is 0.379 e. The van der Waals surface area contributed by atoms with Crippen LogP contribution in [-0.4, -0.2) is 32.2 Å². The Balaban J connectivity index is 1.95. The Hall–Kier alpha value is -1.39. The Bertz CT molecular complexity index is 394. The molecule has 0 spiro atoms. The fourth-order valence-corrected chi connectivity index (χ4v) is 2.24. The van der Waals surface area contributed by atoms with Crippen molar-refractivity contribution in [3.05, 3.63) is 35.9 Å². The Morgan fingerprint density at radius 1 is 1.33 bits per heavy atom. The van der Waals surface area contributed by atoms with Gasteiger partial charge >= 0.3 is 0 Å². The third kappa shape index (κ3) is 2.89. The highest BCUT2D eigenvalue weighted by atomic mass is 16.5. The molecule has 0 bridgehead atoms. The van der Waals surface area contributed by atoms with Crippen molar-refractivity contribution in [3.8, 4) is 0 Å². The lowest BCUT2D eigenvalue weighted by Crippen LogP contribution is -2.43. The van der Waals surface area contributed by atoms with Gasteiger partial charge in [-0.2, -0.15) is 0 Å². The van der Waals surface area contributed by atoms with E-state index in [4.69, 9.17) is 4.74 Å². The highest BCUT2D eigenvalue weighted by Gasteiger charge is 2.33. The van der Waals surface area contributed by atoms with Crippen LogP contribution in [0, 0.1) is 5.92 Å². The summed E-state index contributed by atoms with van der Waals surface area (Å²) in [6, 6.07) is 10.1. The SMILES string of the molecule is CNC1COCC1C(=O)NC(C)c1ccccc1. The summed E-state index contributed by atoms with van der Waals surface area (Å²) in [6.45, 7) is 3.10. The van der Waals surface area contributed by atoms with Gasteiger partial charge in [-0.05, 0) is 19.5 Å². The molecule has 1 amide bonds. The third-order valence-electron chi connectivity index (χ3n) is 3.45. The Morgan fingerprint density at radius 3 is 2.72 bits per heavy atom. The number of ether oxygens (including phenoxy) is 1. The number of rotatable bonds is 4. The Labute approximate surface area is 108 Å². The van der Waals surface area contributed by atoms with E-state index < -0.39 is 0 Å². The number of carbonyl (C=O) groups is 1. The van der Waals surface area contributed by atoms with Gasteiger partial charge in [-0.15, -0.1) is 0 Å². The summed E-state index contributed by atoms with van der Waals surface area (Å²) in [5.41, 5.74) is 1.12. The predicted octanol–water partition coefficient (Wildman–Crippen LogP) is 1.10. The quantitative estimate of drug-likeness (QED) is 0.839. The molecular weight excluding hydrogens is 228 g/mol. The predicted molar refractivity (Wildman–Crippen MR) is 70.2 cm³/mol. The maximum atomic E-state index is 12.2. The maximum absolute atomic E-state index is 12.2. The van der Waals surface area contributed by atoms with Gasteiger partial charge in [0, 0.05) is 6.04 Å². The lowest BCUT2D eigenvalue weighted by molar-refractivity contribution is -0.126. The van der Waals surface area contributed by atoms with E-state index in [1.165, 1.54) is 0 Å². The van der Waals surface area contributed by atoms with Crippen LogP contribution < -0.4 is 10.6 Å². The topological polar surface area (TPSA) is 50.4 Å². The number of hydrogen-bond acceptors (Lipinski definition) is 3. The Kier molecular flexibility index (Phi) is 4.33. The molecule has 1 aromatic carbocycles. The highest BCUT2D eigenvalue weighted by molar-refractivity contribution is 5.80. The lowest BCUT2D eigenvalue weighted by atomic mass is 10.0. The monoisotopic (exact) mass is 248 g/mol. The number of amides is 1. The number of hydrogen-bond donors (Lipinski definition) is 2. The lowest BCUT2D eigenvalue weighted by Gasteiger charge is -2.20. The average Bonchev–Trinajstić information content (AvgIpc) is 2.88. The van der Waals surface area contributed by atoms with Crippen LogP contribution in [0.2, 0.25) is 0 Å². The van der Waals surface area contributed by atoms with Crippen molar-refractivity contribution in [3.63, 3.8) is 0 Å². The van der Waals surface area contributed by atoms with Crippen molar-refractivity contribution in [2.24, 2.45) is 5.92 Å². The van der Waals surface area contributed by atoms with Gasteiger partial charge in [-0.3, -0.25) is 4.79 Å². The zero-order chi connectivity index (χ0) is 13.0. The first-order valence-electron chi connectivity index (χ1n) is 6.32. The first kappa shape index (κ1) is 13.1. The second-order valence-electron chi connectivity index (χ2n) is 4.68. The van der Waals surface area contributed by atoms with Crippen LogP contribution in [0.3, 0.4) is 0 Å². The van der Waals surface area contributed by atoms with Gasteiger partial charge in [0.25, 0.3) is 0 Å². The van der Waals surface area contributed by atoms with Gasteiger partial charge in [0.1, 0.15) is 0 Å². The number of carbonyl (C=O) groups excluding carboxylic acids is 1. The normalized spacial score (nSPS) is 24.8. The molecule has 1 aliphatic heterocycles. The van der Waals surface area contributed by atoms with Crippen LogP contribution in [0.4, 0.5) is 0 Å². The molecule has 3 atom stereocenters. The van der Waals surface area contributed by atoms with Crippen LogP contribution in [-0.2, 0) is 9.53 Å². The van der Waals surface area contributed by atoms with Gasteiger partial charge in [0.2, 0.25) is 5.91 Å². The summed E-state index contributed by atoms with van der Waals surface area (Å²) in [5, 5.41) is 6.17. The fourth-order valence-electron chi connectivity index (χ4n) is 2.24. The standard InChI is InChI=1S/C14H20N2O2/c1-10(11-6-4-3-5-7-11)16-14(17)12-8-18-9-13(12)15-2/h3-7,10,12-13,15H,8-9H2,1-2H3,(H,16,17). The molecule has 98 valence electrons. The molecule has 2 N–H and O–H groups in total. The molecule has 18 heavy (non-hydrogen) atoms. The molecule has 0 aliphatic carbocycles. The average molecular weight is 248 g/mol. The van der Waals surface area contributed by atoms with E-state index in [2.05, 4.69) is 10.6 Å². The van der Waals surface area contributed by atoms with E-state index in [-0.39, 0.29) is 23.9 Å². The van der Waals surface area contributed by atoms with Crippen molar-refractivity contribution >= 4 is 5.91 Å². The van der Waals surface area contributed by atoms with Gasteiger partial charge in [0.15, 0.2) is 0 Å². The molecule has 1 saturated heterocycles. The zero-order valence-corrected chi connectivity index (χ0v) is 10.8. The van der Waals surface area contributed by atoms with Crippen LogP contribution in [0.1, 0.15) is 18.5 Å². The minimum Gasteiger partial charge on any atom is -0.379 e. The fraction of sp³-hybridized carbons (Fsp3) is 0.500. The molecule has 4 nitrogen and oxygen atoms in total. The second kappa shape index (κ2) is 5.98. The Morgan fingerprint density at radius 2 is 2.06 bits per heavy atom. The van der Waals surface area contributed by atoms with Gasteiger partial charge < -0.3 is 15.4 Å². The van der Waals surface area contributed by atoms with Crippen molar-refractivity contribution in [1.82, 2.24) is 10.6 Å². The van der Waals surface area contributed by atoms with Gasteiger partial charge in [-0.1, -0.05) is 30.3 Å². The number of nitrogens with one attached hydrogen (secondary N) is 2. The van der Waals surface area contributed by atoms with Crippen molar-refractivity contribution < 1.29 is 9.53 Å². The zero-order valence-electron chi connectivity index (χ0n) is 10.8. The maximum Gasteiger partial charge on any atom is 0.227 e. The van der Waals surface area contributed by atoms with Crippen LogP contribution >= 0.6 is 0 Å². The molecule has 0 radical (unpaired) electrons. The van der Waals surface area contributed by atoms with Crippen molar-refractivity contribution in [1.29, 1.82) is 0 Å². The minimum atomic E-state index is -0.0961. The van der Waals surface area contributed by atoms with Crippen LogP contribution in [0.25, 0.3) is 0 Å². The molecule has 1 aliphatic rings. The van der Waals surface area contributed by atoms with E-state index in [0.29, 0.717) is 13.2 Å². The molecule has 2 rings (SSSR count).